The number of aromatic nitrogens is 1. The molecule has 6 heteroatoms. The quantitative estimate of drug-likeness (QED) is 0.797. The molecular weight excluding hydrogens is 286 g/mol. The van der Waals surface area contributed by atoms with Gasteiger partial charge < -0.3 is 15.5 Å². The van der Waals surface area contributed by atoms with Gasteiger partial charge in [-0.05, 0) is 5.56 Å². The monoisotopic (exact) mass is 303 g/mol. The zero-order valence-corrected chi connectivity index (χ0v) is 12.5. The highest BCUT2D eigenvalue weighted by Gasteiger charge is 2.23. The molecule has 0 aliphatic rings. The molecule has 1 aromatic heterocycles. The highest BCUT2D eigenvalue weighted by molar-refractivity contribution is 7.80. The Morgan fingerprint density at radius 2 is 2.14 bits per heavy atom. The van der Waals surface area contributed by atoms with Gasteiger partial charge in [0.05, 0.1) is 17.7 Å². The van der Waals surface area contributed by atoms with E-state index in [9.17, 15) is 4.79 Å². The number of hydrogen-bond acceptors (Lipinski definition) is 4. The Kier molecular flexibility index (Phi) is 5.05. The summed E-state index contributed by atoms with van der Waals surface area (Å²) in [6.45, 7) is 2.19. The van der Waals surface area contributed by atoms with Crippen LogP contribution < -0.4 is 11.1 Å². The third-order valence-corrected chi connectivity index (χ3v) is 3.28. The molecule has 0 fully saturated rings. The SMILES string of the molecule is CCc1cnc(CNC(=O)C(C(N)=S)c2ccccc2)o1. The van der Waals surface area contributed by atoms with Crippen molar-refractivity contribution in [2.45, 2.75) is 25.8 Å². The fourth-order valence-corrected chi connectivity index (χ4v) is 2.19. The topological polar surface area (TPSA) is 81.2 Å². The number of nitrogens with two attached hydrogens (primary N) is 1. The van der Waals surface area contributed by atoms with Crippen LogP contribution in [0.3, 0.4) is 0 Å². The molecule has 1 unspecified atom stereocenters. The summed E-state index contributed by atoms with van der Waals surface area (Å²) >= 11 is 5.01. The molecule has 3 N–H and O–H groups in total. The largest absolute Gasteiger partial charge is 0.444 e. The average molecular weight is 303 g/mol. The van der Waals surface area contributed by atoms with Crippen LogP contribution >= 0.6 is 12.2 Å². The molecule has 2 rings (SSSR count). The normalized spacial score (nSPS) is 11.9. The van der Waals surface area contributed by atoms with Crippen LogP contribution in [0.4, 0.5) is 0 Å². The second-order valence-electron chi connectivity index (χ2n) is 4.54. The molecule has 1 atom stereocenters. The number of thiocarbonyl (C=S) groups is 1. The molecule has 0 aliphatic carbocycles. The van der Waals surface area contributed by atoms with E-state index >= 15 is 0 Å². The number of hydrogen-bond donors (Lipinski definition) is 2. The number of amides is 1. The van der Waals surface area contributed by atoms with E-state index in [1.165, 1.54) is 0 Å². The van der Waals surface area contributed by atoms with Crippen LogP contribution in [0.25, 0.3) is 0 Å². The number of carbonyl (C=O) groups excluding carboxylic acids is 1. The summed E-state index contributed by atoms with van der Waals surface area (Å²) < 4.78 is 5.44. The van der Waals surface area contributed by atoms with Gasteiger partial charge >= 0.3 is 0 Å². The van der Waals surface area contributed by atoms with Crippen LogP contribution in [0.1, 0.15) is 30.1 Å². The third kappa shape index (κ3) is 3.88. The maximum absolute atomic E-state index is 12.3. The second kappa shape index (κ2) is 6.99. The maximum atomic E-state index is 12.3. The van der Waals surface area contributed by atoms with Gasteiger partial charge in [0.2, 0.25) is 11.8 Å². The predicted octanol–water partition coefficient (Wildman–Crippen LogP) is 1.92. The summed E-state index contributed by atoms with van der Waals surface area (Å²) in [5, 5.41) is 2.75. The van der Waals surface area contributed by atoms with Crippen molar-refractivity contribution < 1.29 is 9.21 Å². The Morgan fingerprint density at radius 3 is 2.71 bits per heavy atom. The van der Waals surface area contributed by atoms with E-state index in [1.54, 1.807) is 6.20 Å². The van der Waals surface area contributed by atoms with Crippen molar-refractivity contribution in [1.82, 2.24) is 10.3 Å². The summed E-state index contributed by atoms with van der Waals surface area (Å²) in [5.41, 5.74) is 6.46. The predicted molar refractivity (Wildman–Crippen MR) is 83.7 cm³/mol. The molecule has 0 spiro atoms. The van der Waals surface area contributed by atoms with Crippen molar-refractivity contribution in [2.75, 3.05) is 0 Å². The first-order chi connectivity index (χ1) is 10.1. The molecule has 1 aromatic carbocycles. The Morgan fingerprint density at radius 1 is 1.43 bits per heavy atom. The third-order valence-electron chi connectivity index (χ3n) is 3.04. The van der Waals surface area contributed by atoms with Gasteiger partial charge in [0.15, 0.2) is 0 Å². The molecule has 0 saturated carbocycles. The van der Waals surface area contributed by atoms with E-state index < -0.39 is 5.92 Å². The molecule has 21 heavy (non-hydrogen) atoms. The minimum atomic E-state index is -0.651. The van der Waals surface area contributed by atoms with Crippen LogP contribution in [-0.2, 0) is 17.8 Å². The van der Waals surface area contributed by atoms with E-state index in [2.05, 4.69) is 10.3 Å². The van der Waals surface area contributed by atoms with Crippen LogP contribution in [0.2, 0.25) is 0 Å². The minimum Gasteiger partial charge on any atom is -0.444 e. The van der Waals surface area contributed by atoms with Crippen molar-refractivity contribution in [1.29, 1.82) is 0 Å². The van der Waals surface area contributed by atoms with Crippen LogP contribution in [0.15, 0.2) is 40.9 Å². The van der Waals surface area contributed by atoms with Crippen molar-refractivity contribution in [3.63, 3.8) is 0 Å². The van der Waals surface area contributed by atoms with E-state index in [0.717, 1.165) is 17.7 Å². The van der Waals surface area contributed by atoms with Gasteiger partial charge in [0.1, 0.15) is 11.7 Å². The van der Waals surface area contributed by atoms with Gasteiger partial charge in [-0.25, -0.2) is 4.98 Å². The molecule has 0 saturated heterocycles. The second-order valence-corrected chi connectivity index (χ2v) is 5.01. The fourth-order valence-electron chi connectivity index (χ4n) is 1.95. The number of nitrogens with one attached hydrogen (secondary N) is 1. The summed E-state index contributed by atoms with van der Waals surface area (Å²) in [4.78, 5) is 16.5. The van der Waals surface area contributed by atoms with Crippen LogP contribution in [0.5, 0.6) is 0 Å². The lowest BCUT2D eigenvalue weighted by Gasteiger charge is -2.15. The number of carbonyl (C=O) groups is 1. The molecule has 110 valence electrons. The van der Waals surface area contributed by atoms with Gasteiger partial charge in [-0.15, -0.1) is 0 Å². The molecular formula is C15H17N3O2S. The number of oxazole rings is 1. The van der Waals surface area contributed by atoms with E-state index in [0.29, 0.717) is 5.89 Å². The zero-order chi connectivity index (χ0) is 15.2. The molecule has 5 nitrogen and oxygen atoms in total. The Bertz CT molecular complexity index is 625. The van der Waals surface area contributed by atoms with Gasteiger partial charge in [-0.1, -0.05) is 49.5 Å². The first-order valence-corrected chi connectivity index (χ1v) is 7.08. The molecule has 1 heterocycles. The van der Waals surface area contributed by atoms with E-state index in [1.807, 2.05) is 37.3 Å². The summed E-state index contributed by atoms with van der Waals surface area (Å²) in [6.07, 6.45) is 2.42. The fraction of sp³-hybridized carbons (Fsp3) is 0.267. The maximum Gasteiger partial charge on any atom is 0.234 e. The van der Waals surface area contributed by atoms with Crippen LogP contribution in [0, 0.1) is 0 Å². The Hall–Kier alpha value is -2.21. The molecule has 2 aromatic rings. The average Bonchev–Trinajstić information content (AvgIpc) is 2.94. The Labute approximate surface area is 128 Å². The highest BCUT2D eigenvalue weighted by atomic mass is 32.1. The van der Waals surface area contributed by atoms with Gasteiger partial charge in [0.25, 0.3) is 0 Å². The van der Waals surface area contributed by atoms with Crippen molar-refractivity contribution in [3.05, 3.63) is 53.7 Å². The lowest BCUT2D eigenvalue weighted by atomic mass is 9.98. The number of rotatable bonds is 6. The molecule has 0 radical (unpaired) electrons. The first kappa shape index (κ1) is 15.2. The molecule has 1 amide bonds. The first-order valence-electron chi connectivity index (χ1n) is 6.67. The smallest absolute Gasteiger partial charge is 0.234 e. The van der Waals surface area contributed by atoms with Gasteiger partial charge in [-0.3, -0.25) is 4.79 Å². The van der Waals surface area contributed by atoms with Crippen molar-refractivity contribution >= 4 is 23.1 Å². The zero-order valence-electron chi connectivity index (χ0n) is 11.7. The number of aryl methyl sites for hydroxylation is 1. The molecule has 0 bridgehead atoms. The summed E-state index contributed by atoms with van der Waals surface area (Å²) in [6, 6.07) is 9.20. The standard InChI is InChI=1S/C15H17N3O2S/c1-2-11-8-17-12(20-11)9-18-15(19)13(14(16)21)10-6-4-3-5-7-10/h3-8,13H,2,9H2,1H3,(H2,16,21)(H,18,19). The number of nitrogens with zero attached hydrogens (tertiary/aromatic N) is 1. The lowest BCUT2D eigenvalue weighted by molar-refractivity contribution is -0.121. The minimum absolute atomic E-state index is 0.139. The Balaban J connectivity index is 2.04. The summed E-state index contributed by atoms with van der Waals surface area (Å²) in [5.74, 6) is 0.343. The number of benzene rings is 1. The van der Waals surface area contributed by atoms with Gasteiger partial charge in [0, 0.05) is 6.42 Å². The van der Waals surface area contributed by atoms with Gasteiger partial charge in [-0.2, -0.15) is 0 Å². The molecule has 0 aliphatic heterocycles. The van der Waals surface area contributed by atoms with Crippen LogP contribution in [-0.4, -0.2) is 15.9 Å². The van der Waals surface area contributed by atoms with E-state index in [4.69, 9.17) is 22.4 Å². The highest BCUT2D eigenvalue weighted by Crippen LogP contribution is 2.16. The van der Waals surface area contributed by atoms with Crippen molar-refractivity contribution in [3.8, 4) is 0 Å². The van der Waals surface area contributed by atoms with E-state index in [-0.39, 0.29) is 17.4 Å². The van der Waals surface area contributed by atoms with Crippen molar-refractivity contribution in [2.24, 2.45) is 5.73 Å². The summed E-state index contributed by atoms with van der Waals surface area (Å²) in [7, 11) is 0. The lowest BCUT2D eigenvalue weighted by Crippen LogP contribution is -2.35.